The lowest BCUT2D eigenvalue weighted by Gasteiger charge is -2.29. The summed E-state index contributed by atoms with van der Waals surface area (Å²) in [6, 6.07) is 13.3. The Morgan fingerprint density at radius 1 is 0.512 bits per heavy atom. The molecular weight excluding hydrogens is 1090 g/mol. The van der Waals surface area contributed by atoms with Gasteiger partial charge in [0.1, 0.15) is 54.4 Å². The average molecular weight is 1170 g/mol. The molecule has 84 heavy (non-hydrogen) atoms. The number of nitrogens with zero attached hydrogens (tertiary/aromatic N) is 1. The Kier molecular flexibility index (Phi) is 26.4. The van der Waals surface area contributed by atoms with Gasteiger partial charge in [-0.05, 0) is 68.6 Å². The largest absolute Gasteiger partial charge is 0.481 e. The maximum atomic E-state index is 14.0. The Bertz CT molecular complexity index is 2790. The molecule has 0 saturated carbocycles. The zero-order valence-electron chi connectivity index (χ0n) is 48.2. The van der Waals surface area contributed by atoms with Crippen LogP contribution in [0.25, 0.3) is 0 Å². The van der Waals surface area contributed by atoms with E-state index < -0.39 is 162 Å². The molecule has 26 nitrogen and oxygen atoms in total. The minimum atomic E-state index is -1.89. The molecule has 1 fully saturated rings. The highest BCUT2D eigenvalue weighted by molar-refractivity contribution is 5.99. The normalized spacial score (nSPS) is 16.5. The second-order valence-corrected chi connectivity index (χ2v) is 21.5. The minimum absolute atomic E-state index is 0.0188. The van der Waals surface area contributed by atoms with Crippen LogP contribution in [0.1, 0.15) is 84.4 Å². The van der Waals surface area contributed by atoms with Gasteiger partial charge in [0.05, 0.1) is 25.1 Å². The lowest BCUT2D eigenvalue weighted by molar-refractivity contribution is -0.142. The van der Waals surface area contributed by atoms with E-state index in [9.17, 15) is 67.7 Å². The van der Waals surface area contributed by atoms with Crippen LogP contribution < -0.4 is 59.3 Å². The number of hydrogen-bond donors (Lipinski definition) is 13. The maximum Gasteiger partial charge on any atom is 0.305 e. The lowest BCUT2D eigenvalue weighted by Crippen LogP contribution is -2.62. The zero-order chi connectivity index (χ0) is 62.4. The van der Waals surface area contributed by atoms with Crippen LogP contribution in [-0.4, -0.2) is 166 Å². The van der Waals surface area contributed by atoms with Gasteiger partial charge in [-0.1, -0.05) is 119 Å². The maximum absolute atomic E-state index is 14.0. The number of likely N-dealkylation sites (tertiary alicyclic amines) is 1. The van der Waals surface area contributed by atoms with Gasteiger partial charge in [0.15, 0.2) is 0 Å². The number of nitrogens with one attached hydrogen (secondary N) is 9. The summed E-state index contributed by atoms with van der Waals surface area (Å²) in [5.41, 5.74) is 13.9. The van der Waals surface area contributed by atoms with Crippen molar-refractivity contribution in [1.29, 1.82) is 0 Å². The molecule has 0 spiro atoms. The molecule has 456 valence electrons. The van der Waals surface area contributed by atoms with Crippen molar-refractivity contribution in [3.05, 3.63) is 108 Å². The smallest absolute Gasteiger partial charge is 0.305 e. The van der Waals surface area contributed by atoms with Gasteiger partial charge in [-0.15, -0.1) is 0 Å². The third-order valence-corrected chi connectivity index (χ3v) is 13.9. The van der Waals surface area contributed by atoms with Crippen LogP contribution in [0.15, 0.2) is 91.0 Å². The van der Waals surface area contributed by atoms with Crippen LogP contribution in [0.4, 0.5) is 0 Å². The molecule has 1 aliphatic heterocycles. The summed E-state index contributed by atoms with van der Waals surface area (Å²) >= 11 is 0. The molecule has 11 atom stereocenters. The molecule has 0 aromatic heterocycles. The highest BCUT2D eigenvalue weighted by Gasteiger charge is 2.39. The number of amides is 11. The van der Waals surface area contributed by atoms with E-state index in [1.807, 2.05) is 6.07 Å². The second kappa shape index (κ2) is 32.8. The van der Waals surface area contributed by atoms with Gasteiger partial charge in [-0.2, -0.15) is 0 Å². The van der Waals surface area contributed by atoms with Crippen molar-refractivity contribution in [2.45, 2.75) is 154 Å². The number of primary amides is 1. The van der Waals surface area contributed by atoms with Crippen molar-refractivity contribution in [3.63, 3.8) is 0 Å². The summed E-state index contributed by atoms with van der Waals surface area (Å²) in [4.78, 5) is 161. The summed E-state index contributed by atoms with van der Waals surface area (Å²) in [6.07, 6.45) is -1.85. The third kappa shape index (κ3) is 21.2. The number of carbonyl (C=O) groups excluding carboxylic acids is 11. The van der Waals surface area contributed by atoms with Crippen LogP contribution in [0.3, 0.4) is 0 Å². The molecule has 1 saturated heterocycles. The summed E-state index contributed by atoms with van der Waals surface area (Å²) in [5.74, 6) is -12.0. The number of carbonyl (C=O) groups is 12. The van der Waals surface area contributed by atoms with Gasteiger partial charge in [-0.25, -0.2) is 0 Å². The number of carboxylic acids is 1. The molecule has 0 unspecified atom stereocenters. The van der Waals surface area contributed by atoms with Gasteiger partial charge in [0.25, 0.3) is 0 Å². The van der Waals surface area contributed by atoms with Crippen LogP contribution in [0.2, 0.25) is 0 Å². The number of aliphatic hydroxyl groups excluding tert-OH is 1. The number of aliphatic carboxylic acids is 1. The molecule has 0 aliphatic carbocycles. The fraction of sp³-hybridized carbons (Fsp3) is 0.483. The van der Waals surface area contributed by atoms with Crippen LogP contribution in [0.5, 0.6) is 0 Å². The quantitative estimate of drug-likeness (QED) is 0.0323. The molecule has 15 N–H and O–H groups in total. The number of rotatable bonds is 31. The number of aliphatic hydroxyl groups is 1. The average Bonchev–Trinajstić information content (AvgIpc) is 4.16. The van der Waals surface area contributed by atoms with E-state index in [0.29, 0.717) is 12.0 Å². The highest BCUT2D eigenvalue weighted by atomic mass is 16.4. The molecule has 0 bridgehead atoms. The van der Waals surface area contributed by atoms with E-state index >= 15 is 0 Å². The summed E-state index contributed by atoms with van der Waals surface area (Å²) < 4.78 is 0. The van der Waals surface area contributed by atoms with Gasteiger partial charge in [-0.3, -0.25) is 57.5 Å². The van der Waals surface area contributed by atoms with E-state index in [1.165, 1.54) is 32.6 Å². The Morgan fingerprint density at radius 3 is 1.44 bits per heavy atom. The second-order valence-electron chi connectivity index (χ2n) is 21.5. The first-order valence-electron chi connectivity index (χ1n) is 27.7. The van der Waals surface area contributed by atoms with E-state index in [-0.39, 0.29) is 32.2 Å². The number of carboxylic acid groups (broad SMARTS) is 1. The molecule has 3 aromatic carbocycles. The van der Waals surface area contributed by atoms with Crippen molar-refractivity contribution in [2.24, 2.45) is 23.3 Å². The van der Waals surface area contributed by atoms with E-state index in [1.54, 1.807) is 98.8 Å². The predicted octanol–water partition coefficient (Wildman–Crippen LogP) is -2.28. The van der Waals surface area contributed by atoms with Crippen molar-refractivity contribution < 1.29 is 67.7 Å². The summed E-state index contributed by atoms with van der Waals surface area (Å²) in [6.45, 7) is 9.61. The minimum Gasteiger partial charge on any atom is -0.481 e. The molecule has 1 aliphatic rings. The molecule has 1 heterocycles. The Morgan fingerprint density at radius 2 is 0.940 bits per heavy atom. The summed E-state index contributed by atoms with van der Waals surface area (Å²) in [5, 5.41) is 42.7. The number of benzene rings is 3. The standard InChI is InChI=1S/C58H80N12O14/c1-31(2)46(68-54(80)42(29-45(73)74)66-58(84)48(35(7)71)69-51(77)34(6)63-57(83)47(32(3)4)67-52(78)39(59)26-36-18-11-8-12-19-36)56(82)61-30-44(72)70-25-17-24-43(70)55(81)65-41(28-38-22-15-10-16-23-38)53(79)62-33(5)50(76)64-40(49(60)75)27-37-20-13-9-14-21-37/h8-16,18-23,31-35,39-43,46-48,71H,17,24-30,59H2,1-7H3,(H2,60,75)(H,61,82)(H,62,79)(H,63,83)(H,64,76)(H,65,81)(H,66,84)(H,67,78)(H,68,80)(H,69,77)(H,73,74)/t33-,34-,35+,39-,40-,41-,42-,43-,46-,47-,48-/m0/s1. The van der Waals surface area contributed by atoms with Gasteiger partial charge >= 0.3 is 5.97 Å². The molecule has 4 rings (SSSR count). The molecular formula is C58H80N12O14. The molecule has 0 radical (unpaired) electrons. The van der Waals surface area contributed by atoms with Crippen molar-refractivity contribution >= 4 is 70.9 Å². The van der Waals surface area contributed by atoms with Gasteiger partial charge in [0, 0.05) is 19.4 Å². The topological polar surface area (TPSA) is 409 Å². The summed E-state index contributed by atoms with van der Waals surface area (Å²) in [7, 11) is 0. The Labute approximate surface area is 487 Å². The fourth-order valence-electron chi connectivity index (χ4n) is 9.03. The first-order chi connectivity index (χ1) is 39.7. The molecule has 26 heteroatoms. The van der Waals surface area contributed by atoms with E-state index in [4.69, 9.17) is 11.5 Å². The predicted molar refractivity (Wildman–Crippen MR) is 306 cm³/mol. The number of nitrogens with two attached hydrogens (primary N) is 2. The Hall–Kier alpha value is -8.78. The highest BCUT2D eigenvalue weighted by Crippen LogP contribution is 2.19. The monoisotopic (exact) mass is 1170 g/mol. The molecule has 11 amide bonds. The van der Waals surface area contributed by atoms with Crippen LogP contribution >= 0.6 is 0 Å². The number of hydrogen-bond acceptors (Lipinski definition) is 14. The van der Waals surface area contributed by atoms with Crippen molar-refractivity contribution in [1.82, 2.24) is 52.8 Å². The SMILES string of the molecule is CC(C)[C@H](NC(=O)[C@H](CC(=O)O)NC(=O)[C@@H](NC(=O)[C@H](C)NC(=O)[C@@H](NC(=O)[C@@H](N)Cc1ccccc1)C(C)C)[C@@H](C)O)C(=O)NCC(=O)N1CCC[C@H]1C(=O)N[C@@H](Cc1ccccc1)C(=O)N[C@@H](C)C(=O)N[C@@H](Cc1ccccc1)C(N)=O. The zero-order valence-corrected chi connectivity index (χ0v) is 48.2. The van der Waals surface area contributed by atoms with Gasteiger partial charge < -0.3 is 74.4 Å². The third-order valence-electron chi connectivity index (χ3n) is 13.9. The first-order valence-corrected chi connectivity index (χ1v) is 27.7. The van der Waals surface area contributed by atoms with Crippen LogP contribution in [0, 0.1) is 11.8 Å². The fourth-order valence-corrected chi connectivity index (χ4v) is 9.03. The van der Waals surface area contributed by atoms with Gasteiger partial charge in [0.2, 0.25) is 65.0 Å². The van der Waals surface area contributed by atoms with Crippen LogP contribution in [-0.2, 0) is 76.8 Å². The lowest BCUT2D eigenvalue weighted by atomic mass is 10.0. The van der Waals surface area contributed by atoms with E-state index in [0.717, 1.165) is 18.1 Å². The Balaban J connectivity index is 1.36. The van der Waals surface area contributed by atoms with Crippen molar-refractivity contribution in [3.8, 4) is 0 Å². The molecule has 3 aromatic rings. The van der Waals surface area contributed by atoms with Crippen molar-refractivity contribution in [2.75, 3.05) is 13.1 Å². The first kappa shape index (κ1) is 67.7. The van der Waals surface area contributed by atoms with E-state index in [2.05, 4.69) is 47.9 Å².